The summed E-state index contributed by atoms with van der Waals surface area (Å²) in [5.74, 6) is -0.336. The van der Waals surface area contributed by atoms with Crippen molar-refractivity contribution in [1.29, 1.82) is 0 Å². The first-order chi connectivity index (χ1) is 14.3. The lowest BCUT2D eigenvalue weighted by Gasteiger charge is -2.53. The average Bonchev–Trinajstić information content (AvgIpc) is 2.74. The van der Waals surface area contributed by atoms with E-state index in [9.17, 15) is 23.1 Å². The van der Waals surface area contributed by atoms with Crippen molar-refractivity contribution in [3.05, 3.63) is 35.9 Å². The van der Waals surface area contributed by atoms with E-state index in [1.54, 1.807) is 4.90 Å². The van der Waals surface area contributed by atoms with Gasteiger partial charge < -0.3 is 15.3 Å². The number of rotatable bonds is 3. The monoisotopic (exact) mass is 425 g/mol. The number of alkyl halides is 3. The predicted molar refractivity (Wildman–Crippen MR) is 107 cm³/mol. The standard InChI is InChI=1S/C22H30F3N3O2/c23-22(24,25)15-27-13-11-26-14-19(27)20(29)28-12-10-21(30,16-6-2-1-3-7-16)17-8-4-5-9-18(17)28/h1-3,6-7,17-19,26,30H,4-5,8-15H2. The van der Waals surface area contributed by atoms with Crippen molar-refractivity contribution >= 4 is 5.91 Å². The van der Waals surface area contributed by atoms with Gasteiger partial charge in [0.25, 0.3) is 0 Å². The van der Waals surface area contributed by atoms with Crippen LogP contribution < -0.4 is 5.32 Å². The molecule has 2 aliphatic heterocycles. The molecule has 2 N–H and O–H groups in total. The first-order valence-electron chi connectivity index (χ1n) is 10.9. The van der Waals surface area contributed by atoms with Gasteiger partial charge >= 0.3 is 6.18 Å². The first kappa shape index (κ1) is 21.6. The average molecular weight is 425 g/mol. The summed E-state index contributed by atoms with van der Waals surface area (Å²) in [5.41, 5.74) is -0.133. The van der Waals surface area contributed by atoms with E-state index in [0.717, 1.165) is 31.2 Å². The fourth-order valence-corrected chi connectivity index (χ4v) is 5.64. The first-order valence-corrected chi connectivity index (χ1v) is 10.9. The smallest absolute Gasteiger partial charge is 0.385 e. The van der Waals surface area contributed by atoms with Gasteiger partial charge in [0.05, 0.1) is 12.1 Å². The summed E-state index contributed by atoms with van der Waals surface area (Å²) in [4.78, 5) is 16.5. The number of hydrogen-bond acceptors (Lipinski definition) is 4. The maximum atomic E-state index is 13.4. The Morgan fingerprint density at radius 2 is 1.90 bits per heavy atom. The number of fused-ring (bicyclic) bond motifs is 1. The Balaban J connectivity index is 1.57. The van der Waals surface area contributed by atoms with Gasteiger partial charge in [-0.25, -0.2) is 0 Å². The highest BCUT2D eigenvalue weighted by Crippen LogP contribution is 2.47. The summed E-state index contributed by atoms with van der Waals surface area (Å²) in [6.07, 6.45) is -0.378. The van der Waals surface area contributed by atoms with E-state index in [2.05, 4.69) is 5.32 Å². The van der Waals surface area contributed by atoms with E-state index < -0.39 is 24.4 Å². The van der Waals surface area contributed by atoms with E-state index in [1.807, 2.05) is 30.3 Å². The van der Waals surface area contributed by atoms with Crippen LogP contribution in [0.1, 0.15) is 37.7 Å². The van der Waals surface area contributed by atoms with Crippen LogP contribution in [-0.4, -0.2) is 71.8 Å². The molecule has 2 heterocycles. The van der Waals surface area contributed by atoms with Crippen LogP contribution in [-0.2, 0) is 10.4 Å². The second-order valence-corrected chi connectivity index (χ2v) is 8.84. The van der Waals surface area contributed by atoms with Gasteiger partial charge in [-0.05, 0) is 24.8 Å². The molecule has 1 aliphatic carbocycles. The zero-order chi connectivity index (χ0) is 21.4. The molecule has 1 amide bonds. The molecular weight excluding hydrogens is 395 g/mol. The number of nitrogens with one attached hydrogen (secondary N) is 1. The summed E-state index contributed by atoms with van der Waals surface area (Å²) in [6.45, 7) is 0.167. The minimum Gasteiger partial charge on any atom is -0.385 e. The van der Waals surface area contributed by atoms with Crippen molar-refractivity contribution in [2.24, 2.45) is 5.92 Å². The van der Waals surface area contributed by atoms with Gasteiger partial charge in [-0.2, -0.15) is 13.2 Å². The number of likely N-dealkylation sites (tertiary alicyclic amines) is 1. The third kappa shape index (κ3) is 4.22. The Morgan fingerprint density at radius 3 is 2.63 bits per heavy atom. The molecule has 2 saturated heterocycles. The normalized spacial score (nSPS) is 33.2. The van der Waals surface area contributed by atoms with E-state index in [0.29, 0.717) is 19.5 Å². The highest BCUT2D eigenvalue weighted by molar-refractivity contribution is 5.83. The highest BCUT2D eigenvalue weighted by atomic mass is 19.4. The summed E-state index contributed by atoms with van der Waals surface area (Å²) in [7, 11) is 0. The number of hydrogen-bond donors (Lipinski definition) is 2. The third-order valence-electron chi connectivity index (χ3n) is 7.06. The van der Waals surface area contributed by atoms with E-state index in [-0.39, 0.29) is 31.0 Å². The molecule has 0 aromatic heterocycles. The Bertz CT molecular complexity index is 745. The van der Waals surface area contributed by atoms with Crippen LogP contribution in [0, 0.1) is 5.92 Å². The number of piperidine rings is 1. The summed E-state index contributed by atoms with van der Waals surface area (Å²) in [6, 6.07) is 8.63. The number of amides is 1. The van der Waals surface area contributed by atoms with Crippen LogP contribution in [0.3, 0.4) is 0 Å². The summed E-state index contributed by atoms with van der Waals surface area (Å²) >= 11 is 0. The fourth-order valence-electron chi connectivity index (χ4n) is 5.64. The van der Waals surface area contributed by atoms with Gasteiger partial charge in [0.1, 0.15) is 6.04 Å². The van der Waals surface area contributed by atoms with E-state index in [4.69, 9.17) is 0 Å². The van der Waals surface area contributed by atoms with Gasteiger partial charge in [-0.1, -0.05) is 43.2 Å². The zero-order valence-corrected chi connectivity index (χ0v) is 17.1. The van der Waals surface area contributed by atoms with Crippen molar-refractivity contribution in [3.63, 3.8) is 0 Å². The molecule has 4 atom stereocenters. The topological polar surface area (TPSA) is 55.8 Å². The highest BCUT2D eigenvalue weighted by Gasteiger charge is 2.51. The van der Waals surface area contributed by atoms with Crippen LogP contribution in [0.2, 0.25) is 0 Å². The van der Waals surface area contributed by atoms with Gasteiger partial charge in [0, 0.05) is 38.1 Å². The van der Waals surface area contributed by atoms with E-state index in [1.165, 1.54) is 4.90 Å². The number of carbonyl (C=O) groups excluding carboxylic acids is 1. The van der Waals surface area contributed by atoms with Crippen LogP contribution in [0.25, 0.3) is 0 Å². The van der Waals surface area contributed by atoms with Crippen molar-refractivity contribution < 1.29 is 23.1 Å². The molecule has 5 nitrogen and oxygen atoms in total. The molecule has 1 aromatic carbocycles. The third-order valence-corrected chi connectivity index (χ3v) is 7.06. The molecule has 0 spiro atoms. The predicted octanol–water partition coefficient (Wildman–Crippen LogP) is 2.50. The fraction of sp³-hybridized carbons (Fsp3) is 0.682. The molecule has 0 bridgehead atoms. The Labute approximate surface area is 175 Å². The lowest BCUT2D eigenvalue weighted by Crippen LogP contribution is -2.65. The van der Waals surface area contributed by atoms with Gasteiger partial charge in [0.2, 0.25) is 5.91 Å². The van der Waals surface area contributed by atoms with Crippen LogP contribution in [0.5, 0.6) is 0 Å². The molecular formula is C22H30F3N3O2. The maximum absolute atomic E-state index is 13.4. The van der Waals surface area contributed by atoms with E-state index >= 15 is 0 Å². The number of nitrogens with zero attached hydrogens (tertiary/aromatic N) is 2. The number of benzene rings is 1. The largest absolute Gasteiger partial charge is 0.401 e. The molecule has 8 heteroatoms. The lowest BCUT2D eigenvalue weighted by atomic mass is 9.66. The minimum absolute atomic E-state index is 0.0982. The van der Waals surface area contributed by atoms with Crippen molar-refractivity contribution in [2.75, 3.05) is 32.7 Å². The van der Waals surface area contributed by atoms with Crippen LogP contribution in [0.15, 0.2) is 30.3 Å². The Morgan fingerprint density at radius 1 is 1.17 bits per heavy atom. The molecule has 1 saturated carbocycles. The van der Waals surface area contributed by atoms with Crippen molar-refractivity contribution in [3.8, 4) is 0 Å². The van der Waals surface area contributed by atoms with Crippen molar-refractivity contribution in [2.45, 2.75) is 56.0 Å². The number of aliphatic hydroxyl groups is 1. The lowest BCUT2D eigenvalue weighted by molar-refractivity contribution is -0.170. The van der Waals surface area contributed by atoms with Gasteiger partial charge in [-0.15, -0.1) is 0 Å². The zero-order valence-electron chi connectivity index (χ0n) is 17.1. The van der Waals surface area contributed by atoms with Crippen LogP contribution in [0.4, 0.5) is 13.2 Å². The number of carbonyl (C=O) groups is 1. The van der Waals surface area contributed by atoms with Crippen LogP contribution >= 0.6 is 0 Å². The second-order valence-electron chi connectivity index (χ2n) is 8.84. The van der Waals surface area contributed by atoms with Crippen molar-refractivity contribution in [1.82, 2.24) is 15.1 Å². The Hall–Kier alpha value is -1.64. The molecule has 4 unspecified atom stereocenters. The molecule has 1 aromatic rings. The molecule has 4 rings (SSSR count). The summed E-state index contributed by atoms with van der Waals surface area (Å²) in [5, 5.41) is 14.7. The summed E-state index contributed by atoms with van der Waals surface area (Å²) < 4.78 is 39.2. The molecule has 3 fully saturated rings. The number of piperazine rings is 1. The minimum atomic E-state index is -4.33. The number of halogens is 3. The molecule has 30 heavy (non-hydrogen) atoms. The van der Waals surface area contributed by atoms with Gasteiger partial charge in [0.15, 0.2) is 0 Å². The SMILES string of the molecule is O=C(C1CNCCN1CC(F)(F)F)N1CCC(O)(c2ccccc2)C2CCCCC21. The maximum Gasteiger partial charge on any atom is 0.401 e. The molecule has 3 aliphatic rings. The molecule has 166 valence electrons. The quantitative estimate of drug-likeness (QED) is 0.782. The second kappa shape index (κ2) is 8.48. The Kier molecular flexibility index (Phi) is 6.10. The van der Waals surface area contributed by atoms with Gasteiger partial charge in [-0.3, -0.25) is 9.69 Å². The molecule has 0 radical (unpaired) electrons.